The first-order valence-electron chi connectivity index (χ1n) is 14.8. The lowest BCUT2D eigenvalue weighted by Crippen LogP contribution is -2.42. The largest absolute Gasteiger partial charge is 0.321 e. The molecule has 41 heavy (non-hydrogen) atoms. The highest BCUT2D eigenvalue weighted by Crippen LogP contribution is 2.64. The number of Topliss-reactive ketones (excluding diaryl/α,β-unsaturated/α-hetero) is 1. The first-order chi connectivity index (χ1) is 19.5. The third-order valence-electron chi connectivity index (χ3n) is 10.7. The number of carbonyl (C=O) groups excluding carboxylic acids is 2. The molecule has 0 radical (unpaired) electrons. The highest BCUT2D eigenvalue weighted by atomic mass is 32.2. The van der Waals surface area contributed by atoms with Crippen molar-refractivity contribution in [3.63, 3.8) is 0 Å². The second-order valence-electron chi connectivity index (χ2n) is 13.0. The predicted molar refractivity (Wildman–Crippen MR) is 162 cm³/mol. The van der Waals surface area contributed by atoms with Crippen molar-refractivity contribution in [1.82, 2.24) is 9.80 Å². The Morgan fingerprint density at radius 2 is 1.54 bits per heavy atom. The van der Waals surface area contributed by atoms with Crippen molar-refractivity contribution in [1.29, 1.82) is 0 Å². The predicted octanol–water partition coefficient (Wildman–Crippen LogP) is 4.93. The van der Waals surface area contributed by atoms with Crippen LogP contribution in [0.25, 0.3) is 0 Å². The van der Waals surface area contributed by atoms with Crippen molar-refractivity contribution in [2.45, 2.75) is 76.4 Å². The molecule has 3 heterocycles. The Bertz CT molecular complexity index is 1400. The van der Waals surface area contributed by atoms with Gasteiger partial charge in [0.25, 0.3) is 10.1 Å². The zero-order chi connectivity index (χ0) is 29.0. The molecular formula is C32H41N2O5S2+. The van der Waals surface area contributed by atoms with Crippen molar-refractivity contribution in [2.24, 2.45) is 16.7 Å². The highest BCUT2D eigenvalue weighted by molar-refractivity contribution is 7.98. The zero-order valence-corrected chi connectivity index (χ0v) is 25.6. The maximum absolute atomic E-state index is 13.4. The number of hydrogen-bond acceptors (Lipinski definition) is 4. The Kier molecular flexibility index (Phi) is 7.52. The number of nitrogens with zero attached hydrogens (tertiary/aromatic N) is 2. The molecule has 7 nitrogen and oxygen atoms in total. The summed E-state index contributed by atoms with van der Waals surface area (Å²) in [6.45, 7) is 5.39. The van der Waals surface area contributed by atoms with Crippen molar-refractivity contribution < 1.29 is 22.6 Å². The van der Waals surface area contributed by atoms with Crippen molar-refractivity contribution in [3.8, 4) is 0 Å². The van der Waals surface area contributed by atoms with Crippen LogP contribution in [0.5, 0.6) is 0 Å². The molecule has 1 N–H and O–H groups in total. The molecule has 5 fully saturated rings. The summed E-state index contributed by atoms with van der Waals surface area (Å²) in [7, 11) is -3.56. The number of amides is 2. The van der Waals surface area contributed by atoms with E-state index in [1.807, 2.05) is 26.0 Å². The Morgan fingerprint density at radius 3 is 2.07 bits per heavy atom. The molecule has 2 saturated carbocycles. The molecule has 1 unspecified atom stereocenters. The molecule has 2 aliphatic carbocycles. The van der Waals surface area contributed by atoms with E-state index in [2.05, 4.69) is 58.3 Å². The van der Waals surface area contributed by atoms with E-state index < -0.39 is 21.3 Å². The molecule has 2 bridgehead atoms. The van der Waals surface area contributed by atoms with E-state index in [1.165, 1.54) is 35.5 Å². The summed E-state index contributed by atoms with van der Waals surface area (Å²) in [4.78, 5) is 29.6. The zero-order valence-electron chi connectivity index (χ0n) is 23.9. The van der Waals surface area contributed by atoms with Gasteiger partial charge in [0.05, 0.1) is 11.2 Å². The molecule has 3 saturated heterocycles. The minimum absolute atomic E-state index is 0.0152. The standard InChI is InChI=1S/C22H25N2OS.C10H16O4S/c25-22-23(14-17-8-3-1-4-9-17)19-16-26-13-7-12-20(26)21(19)24(22)15-18-10-5-2-6-11-18;1-9(2)7-3-4-10(9,8(11)5-7)6-15(12,13)14/h1-6,8-11,19-21H,7,12-16H2;7H,3-6H2,1-2H3,(H,12,13,14)/q+1;/t19-,20-,21-,26?;7-,10+/m01/s1. The second kappa shape index (κ2) is 10.7. The van der Waals surface area contributed by atoms with Gasteiger partial charge >= 0.3 is 6.03 Å². The average Bonchev–Trinajstić information content (AvgIpc) is 3.67. The molecule has 3 aliphatic heterocycles. The summed E-state index contributed by atoms with van der Waals surface area (Å²) < 4.78 is 31.0. The Morgan fingerprint density at radius 1 is 0.927 bits per heavy atom. The van der Waals surface area contributed by atoms with E-state index in [9.17, 15) is 18.0 Å². The van der Waals surface area contributed by atoms with Crippen LogP contribution in [0, 0.1) is 16.7 Å². The van der Waals surface area contributed by atoms with Crippen molar-refractivity contribution in [2.75, 3.05) is 17.3 Å². The summed E-state index contributed by atoms with van der Waals surface area (Å²) in [6, 6.07) is 22.0. The summed E-state index contributed by atoms with van der Waals surface area (Å²) in [5.74, 6) is 2.50. The fraction of sp³-hybridized carbons (Fsp3) is 0.562. The van der Waals surface area contributed by atoms with E-state index in [-0.39, 0.29) is 23.1 Å². The normalized spacial score (nSPS) is 33.1. The van der Waals surface area contributed by atoms with E-state index in [0.717, 1.165) is 24.8 Å². The van der Waals surface area contributed by atoms with E-state index in [0.29, 0.717) is 35.8 Å². The fourth-order valence-corrected chi connectivity index (χ4v) is 13.0. The molecule has 0 spiro atoms. The quantitative estimate of drug-likeness (QED) is 0.290. The number of hydrogen-bond donors (Lipinski definition) is 1. The van der Waals surface area contributed by atoms with Gasteiger partial charge in [0.2, 0.25) is 0 Å². The molecule has 7 rings (SSSR count). The Hall–Kier alpha value is -2.36. The molecule has 220 valence electrons. The molecule has 2 amide bonds. The van der Waals surface area contributed by atoms with Crippen LogP contribution < -0.4 is 0 Å². The van der Waals surface area contributed by atoms with Gasteiger partial charge in [0, 0.05) is 25.9 Å². The molecule has 2 aromatic rings. The van der Waals surface area contributed by atoms with Gasteiger partial charge in [0.15, 0.2) is 0 Å². The van der Waals surface area contributed by atoms with Gasteiger partial charge in [-0.15, -0.1) is 0 Å². The number of rotatable bonds is 6. The van der Waals surface area contributed by atoms with E-state index >= 15 is 0 Å². The lowest BCUT2D eigenvalue weighted by molar-refractivity contribution is -0.128. The van der Waals surface area contributed by atoms with Gasteiger partial charge in [-0.25, -0.2) is 4.79 Å². The Labute approximate surface area is 246 Å². The molecule has 9 heteroatoms. The minimum atomic E-state index is -4.08. The first-order valence-corrected chi connectivity index (χ1v) is 18.0. The lowest BCUT2D eigenvalue weighted by atomic mass is 9.70. The number of fused-ring (bicyclic) bond motifs is 5. The van der Waals surface area contributed by atoms with Crippen LogP contribution in [0.2, 0.25) is 0 Å². The molecule has 2 aromatic carbocycles. The van der Waals surface area contributed by atoms with Crippen LogP contribution in [0.1, 0.15) is 57.1 Å². The number of benzene rings is 2. The van der Waals surface area contributed by atoms with Gasteiger partial charge < -0.3 is 9.80 Å². The monoisotopic (exact) mass is 597 g/mol. The van der Waals surface area contributed by atoms with Crippen LogP contribution in [-0.2, 0) is 38.9 Å². The maximum Gasteiger partial charge on any atom is 0.321 e. The molecule has 5 aliphatic rings. The number of ketones is 1. The minimum Gasteiger partial charge on any atom is -0.310 e. The number of carbonyl (C=O) groups is 2. The van der Waals surface area contributed by atoms with Gasteiger partial charge in [-0.2, -0.15) is 8.42 Å². The lowest BCUT2D eigenvalue weighted by Gasteiger charge is -2.35. The highest BCUT2D eigenvalue weighted by Gasteiger charge is 2.65. The molecule has 6 atom stereocenters. The first kappa shape index (κ1) is 28.7. The summed E-state index contributed by atoms with van der Waals surface area (Å²) >= 11 is 0. The van der Waals surface area contributed by atoms with Crippen molar-refractivity contribution in [3.05, 3.63) is 71.8 Å². The molecular weight excluding hydrogens is 556 g/mol. The topological polar surface area (TPSA) is 95.0 Å². The van der Waals surface area contributed by atoms with Crippen LogP contribution >= 0.6 is 0 Å². The van der Waals surface area contributed by atoms with Gasteiger partial charge in [-0.05, 0) is 52.6 Å². The molecule has 0 aromatic heterocycles. The van der Waals surface area contributed by atoms with E-state index in [1.54, 1.807) is 0 Å². The van der Waals surface area contributed by atoms with Crippen molar-refractivity contribution >= 4 is 32.8 Å². The number of urea groups is 1. The maximum atomic E-state index is 13.4. The second-order valence-corrected chi connectivity index (χ2v) is 16.9. The van der Waals surface area contributed by atoms with Crippen LogP contribution in [0.3, 0.4) is 0 Å². The third-order valence-corrected chi connectivity index (χ3v) is 14.5. The van der Waals surface area contributed by atoms with Gasteiger partial charge in [-0.1, -0.05) is 74.5 Å². The van der Waals surface area contributed by atoms with E-state index in [4.69, 9.17) is 4.55 Å². The smallest absolute Gasteiger partial charge is 0.310 e. The van der Waals surface area contributed by atoms with Gasteiger partial charge in [0.1, 0.15) is 34.6 Å². The summed E-state index contributed by atoms with van der Waals surface area (Å²) in [5.41, 5.74) is 1.36. The Balaban J connectivity index is 0.000000172. The summed E-state index contributed by atoms with van der Waals surface area (Å²) in [6.07, 6.45) is 4.63. The summed E-state index contributed by atoms with van der Waals surface area (Å²) in [5, 5.41) is 0.730. The van der Waals surface area contributed by atoms with Crippen LogP contribution in [-0.4, -0.2) is 69.2 Å². The van der Waals surface area contributed by atoms with Crippen LogP contribution in [0.4, 0.5) is 4.79 Å². The third kappa shape index (κ3) is 5.12. The van der Waals surface area contributed by atoms with Gasteiger partial charge in [-0.3, -0.25) is 9.35 Å². The SMILES string of the molecule is CC1(C)[C@@H]2CC[C@]1(CS(=O)(=O)O)C(=O)C2.O=C1N(Cc2ccccc2)[C@H]2[C@H](C[S+]3CCC[C@@H]23)N1Cc1ccccc1. The van der Waals surface area contributed by atoms with Crippen LogP contribution in [0.15, 0.2) is 60.7 Å². The average molecular weight is 598 g/mol. The fourth-order valence-electron chi connectivity index (χ4n) is 8.38.